The number of carbonyl (C=O) groups excluding carboxylic acids is 1. The molecular weight excluding hydrogens is 408 g/mol. The molecule has 2 aromatic carbocycles. The standard InChI is InChI=1S/C25H20N2O5/c1-16-4-6-17(7-5-16)20-14-21(22-3-2-12-30-22)27(26-20)24(28)15-31-19-10-8-18-9-11-25(29)32-23(18)13-19/h2-13,21H,14-15H2,1H3. The lowest BCUT2D eigenvalue weighted by Gasteiger charge is -2.20. The van der Waals surface area contributed by atoms with Gasteiger partial charge in [0.25, 0.3) is 5.91 Å². The lowest BCUT2D eigenvalue weighted by atomic mass is 10.0. The third kappa shape index (κ3) is 3.92. The van der Waals surface area contributed by atoms with Crippen molar-refractivity contribution in [2.45, 2.75) is 19.4 Å². The maximum Gasteiger partial charge on any atom is 0.336 e. The normalized spacial score (nSPS) is 15.7. The Labute approximate surface area is 183 Å². The number of benzene rings is 2. The molecule has 0 fully saturated rings. The summed E-state index contributed by atoms with van der Waals surface area (Å²) in [6.07, 6.45) is 2.13. The summed E-state index contributed by atoms with van der Waals surface area (Å²) in [4.78, 5) is 24.5. The first kappa shape index (κ1) is 19.8. The van der Waals surface area contributed by atoms with Crippen LogP contribution in [0.3, 0.4) is 0 Å². The van der Waals surface area contributed by atoms with E-state index in [1.165, 1.54) is 11.1 Å². The number of nitrogens with zero attached hydrogens (tertiary/aromatic N) is 2. The van der Waals surface area contributed by atoms with Gasteiger partial charge in [0, 0.05) is 23.9 Å². The second-order valence-electron chi connectivity index (χ2n) is 7.63. The second-order valence-corrected chi connectivity index (χ2v) is 7.63. The summed E-state index contributed by atoms with van der Waals surface area (Å²) in [5.74, 6) is 0.788. The summed E-state index contributed by atoms with van der Waals surface area (Å²) < 4.78 is 16.5. The summed E-state index contributed by atoms with van der Waals surface area (Å²) in [5, 5.41) is 6.80. The number of fused-ring (bicyclic) bond motifs is 1. The molecule has 7 nitrogen and oxygen atoms in total. The molecule has 32 heavy (non-hydrogen) atoms. The fourth-order valence-electron chi connectivity index (χ4n) is 3.71. The van der Waals surface area contributed by atoms with Crippen LogP contribution < -0.4 is 10.4 Å². The van der Waals surface area contributed by atoms with Gasteiger partial charge in [-0.1, -0.05) is 29.8 Å². The Morgan fingerprint density at radius 1 is 1.12 bits per heavy atom. The fraction of sp³-hybridized carbons (Fsp3) is 0.160. The van der Waals surface area contributed by atoms with Crippen LogP contribution in [0.1, 0.15) is 29.3 Å². The van der Waals surface area contributed by atoms with Crippen molar-refractivity contribution < 1.29 is 18.4 Å². The van der Waals surface area contributed by atoms with Gasteiger partial charge in [0.15, 0.2) is 6.61 Å². The van der Waals surface area contributed by atoms with Crippen LogP contribution in [0.4, 0.5) is 0 Å². The van der Waals surface area contributed by atoms with Gasteiger partial charge in [-0.25, -0.2) is 9.80 Å². The molecule has 160 valence electrons. The minimum Gasteiger partial charge on any atom is -0.484 e. The van der Waals surface area contributed by atoms with E-state index in [1.54, 1.807) is 36.6 Å². The number of aryl methyl sites for hydroxylation is 1. The van der Waals surface area contributed by atoms with Gasteiger partial charge < -0.3 is 13.6 Å². The van der Waals surface area contributed by atoms with Crippen LogP contribution >= 0.6 is 0 Å². The topological polar surface area (TPSA) is 85.3 Å². The van der Waals surface area contributed by atoms with E-state index >= 15 is 0 Å². The van der Waals surface area contributed by atoms with E-state index in [9.17, 15) is 9.59 Å². The summed E-state index contributed by atoms with van der Waals surface area (Å²) in [7, 11) is 0. The monoisotopic (exact) mass is 428 g/mol. The lowest BCUT2D eigenvalue weighted by Crippen LogP contribution is -2.31. The average Bonchev–Trinajstić information content (AvgIpc) is 3.48. The van der Waals surface area contributed by atoms with E-state index in [4.69, 9.17) is 13.6 Å². The van der Waals surface area contributed by atoms with Gasteiger partial charge in [0.05, 0.1) is 12.0 Å². The lowest BCUT2D eigenvalue weighted by molar-refractivity contribution is -0.135. The van der Waals surface area contributed by atoms with E-state index in [1.807, 2.05) is 37.3 Å². The van der Waals surface area contributed by atoms with Crippen molar-refractivity contribution in [1.29, 1.82) is 0 Å². The van der Waals surface area contributed by atoms with E-state index in [0.29, 0.717) is 23.5 Å². The van der Waals surface area contributed by atoms with Crippen LogP contribution in [0.25, 0.3) is 11.0 Å². The molecule has 0 saturated heterocycles. The highest BCUT2D eigenvalue weighted by atomic mass is 16.5. The highest BCUT2D eigenvalue weighted by Gasteiger charge is 2.35. The van der Waals surface area contributed by atoms with Crippen molar-refractivity contribution in [1.82, 2.24) is 5.01 Å². The maximum atomic E-state index is 13.1. The third-order valence-electron chi connectivity index (χ3n) is 5.38. The first-order valence-electron chi connectivity index (χ1n) is 10.2. The summed E-state index contributed by atoms with van der Waals surface area (Å²) in [6.45, 7) is 1.81. The van der Waals surface area contributed by atoms with Gasteiger partial charge in [0.1, 0.15) is 23.1 Å². The molecule has 0 N–H and O–H groups in total. The van der Waals surface area contributed by atoms with Crippen LogP contribution in [0.2, 0.25) is 0 Å². The molecule has 7 heteroatoms. The molecule has 1 aliphatic rings. The van der Waals surface area contributed by atoms with Gasteiger partial charge in [-0.3, -0.25) is 4.79 Å². The van der Waals surface area contributed by atoms with Crippen molar-refractivity contribution in [3.63, 3.8) is 0 Å². The molecule has 0 bridgehead atoms. The average molecular weight is 428 g/mol. The van der Waals surface area contributed by atoms with E-state index in [2.05, 4.69) is 5.10 Å². The molecule has 4 aromatic rings. The second kappa shape index (κ2) is 8.19. The van der Waals surface area contributed by atoms with Crippen molar-refractivity contribution in [3.05, 3.63) is 100 Å². The zero-order valence-electron chi connectivity index (χ0n) is 17.4. The first-order chi connectivity index (χ1) is 15.6. The largest absolute Gasteiger partial charge is 0.484 e. The van der Waals surface area contributed by atoms with E-state index in [0.717, 1.165) is 22.2 Å². The smallest absolute Gasteiger partial charge is 0.336 e. The predicted octanol–water partition coefficient (Wildman–Crippen LogP) is 4.45. The first-order valence-corrected chi connectivity index (χ1v) is 10.2. The van der Waals surface area contributed by atoms with Crippen molar-refractivity contribution in [2.24, 2.45) is 5.10 Å². The number of amides is 1. The molecule has 0 aliphatic carbocycles. The number of hydrazone groups is 1. The molecule has 1 unspecified atom stereocenters. The van der Waals surface area contributed by atoms with Crippen LogP contribution in [0, 0.1) is 6.92 Å². The van der Waals surface area contributed by atoms with Gasteiger partial charge >= 0.3 is 5.63 Å². The number of hydrogen-bond donors (Lipinski definition) is 0. The molecular formula is C25H20N2O5. The van der Waals surface area contributed by atoms with Crippen molar-refractivity contribution in [2.75, 3.05) is 6.61 Å². The Morgan fingerprint density at radius 2 is 1.94 bits per heavy atom. The molecule has 3 heterocycles. The Balaban J connectivity index is 1.37. The zero-order valence-corrected chi connectivity index (χ0v) is 17.4. The van der Waals surface area contributed by atoms with Gasteiger partial charge in [0.2, 0.25) is 0 Å². The Kier molecular flexibility index (Phi) is 5.07. The van der Waals surface area contributed by atoms with Gasteiger partial charge in [-0.2, -0.15) is 5.10 Å². The molecule has 2 aromatic heterocycles. The van der Waals surface area contributed by atoms with E-state index in [-0.39, 0.29) is 18.6 Å². The predicted molar refractivity (Wildman–Crippen MR) is 119 cm³/mol. The summed E-state index contributed by atoms with van der Waals surface area (Å²) in [5.41, 5.74) is 2.89. The van der Waals surface area contributed by atoms with Crippen LogP contribution in [-0.4, -0.2) is 23.2 Å². The minimum atomic E-state index is -0.443. The molecule has 0 radical (unpaired) electrons. The zero-order chi connectivity index (χ0) is 22.1. The quantitative estimate of drug-likeness (QED) is 0.439. The minimum absolute atomic E-state index is 0.218. The third-order valence-corrected chi connectivity index (χ3v) is 5.38. The molecule has 1 aliphatic heterocycles. The molecule has 0 saturated carbocycles. The van der Waals surface area contributed by atoms with Gasteiger partial charge in [-0.15, -0.1) is 0 Å². The van der Waals surface area contributed by atoms with E-state index < -0.39 is 5.63 Å². The number of hydrogen-bond acceptors (Lipinski definition) is 6. The molecule has 1 atom stereocenters. The number of ether oxygens (including phenoxy) is 1. The highest BCUT2D eigenvalue weighted by molar-refractivity contribution is 6.03. The molecule has 5 rings (SSSR count). The fourth-order valence-corrected chi connectivity index (χ4v) is 3.71. The highest BCUT2D eigenvalue weighted by Crippen LogP contribution is 2.33. The number of carbonyl (C=O) groups is 1. The molecule has 0 spiro atoms. The number of rotatable bonds is 5. The van der Waals surface area contributed by atoms with Gasteiger partial charge in [-0.05, 0) is 42.8 Å². The number of furan rings is 1. The Morgan fingerprint density at radius 3 is 2.72 bits per heavy atom. The Hall–Kier alpha value is -4.13. The summed E-state index contributed by atoms with van der Waals surface area (Å²) in [6, 6.07) is 19.5. The van der Waals surface area contributed by atoms with Crippen molar-refractivity contribution >= 4 is 22.6 Å². The maximum absolute atomic E-state index is 13.1. The van der Waals surface area contributed by atoms with Crippen LogP contribution in [0.5, 0.6) is 5.75 Å². The summed E-state index contributed by atoms with van der Waals surface area (Å²) >= 11 is 0. The van der Waals surface area contributed by atoms with Crippen LogP contribution in [-0.2, 0) is 4.79 Å². The SMILES string of the molecule is Cc1ccc(C2=NN(C(=O)COc3ccc4ccc(=O)oc4c3)C(c3ccco3)C2)cc1. The van der Waals surface area contributed by atoms with Crippen LogP contribution in [0.15, 0.2) is 91.7 Å². The van der Waals surface area contributed by atoms with Crippen molar-refractivity contribution in [3.8, 4) is 5.75 Å². The Bertz CT molecular complexity index is 1350. The molecule has 1 amide bonds.